The van der Waals surface area contributed by atoms with Gasteiger partial charge >= 0.3 is 0 Å². The quantitative estimate of drug-likeness (QED) is 0.0430. The standard InChI is InChI=1S/C34H46.C32H42.C18H22.C17H20.12CH4.10H2/c1-7-12-17-24-31-34(29-21-15-10-4,30-22-16-11-5)32-25-18-23-28-33(6,26-19-13-8-2)27-20-14-9-3;1-7-12-17-24-31(6,25-18-13-8-2)26-22-23-30-32(27-19-14-9-3,28-20-15-10-4)29-21-16-11-5;1-5-8-11-14-17-18(4,15-12-9-6-2)16-13-10-7-3;1-5-8-11-14-17(4,15-12-9-6-2)16-13-10-7-3;;;;;;;;;;;;;;;;;;;;;;/h7,10,12,15,17-18,21,23-25,28-29,31-32H2,1-6H3;9-10,14-15,19-20,22-23,26-28,30H2,1-6H3;5,8,11,14,17H2,1-4H3;5,8,11,14H2,1-4H3;12*1H4;10*1H. The van der Waals surface area contributed by atoms with E-state index in [0.29, 0.717) is 0 Å². The van der Waals surface area contributed by atoms with Gasteiger partial charge in [-0.25, -0.2) is 0 Å². The highest BCUT2D eigenvalue weighted by molar-refractivity contribution is 5.41. The summed E-state index contributed by atoms with van der Waals surface area (Å²) in [7, 11) is 0. The van der Waals surface area contributed by atoms with Crippen molar-refractivity contribution in [1.29, 1.82) is 0 Å². The summed E-state index contributed by atoms with van der Waals surface area (Å²) >= 11 is 0. The van der Waals surface area contributed by atoms with Gasteiger partial charge in [0.2, 0.25) is 0 Å². The first kappa shape index (κ1) is 143. The first-order chi connectivity index (χ1) is 48.9. The van der Waals surface area contributed by atoms with Crippen molar-refractivity contribution in [2.75, 3.05) is 0 Å². The molecule has 0 aromatic heterocycles. The highest BCUT2D eigenvalue weighted by atomic mass is 14.3. The molecule has 0 saturated heterocycles. The van der Waals surface area contributed by atoms with E-state index in [2.05, 4.69) is 306 Å². The molecule has 0 nitrogen and oxygen atoms in total. The normalized spacial score (nSPS) is 8.64. The fourth-order valence-corrected chi connectivity index (χ4v) is 10.8. The van der Waals surface area contributed by atoms with Crippen molar-refractivity contribution in [2.45, 2.75) is 452 Å². The van der Waals surface area contributed by atoms with E-state index >= 15 is 0 Å². The average Bonchev–Trinajstić information content (AvgIpc) is 0.867. The molecule has 0 aliphatic rings. The Labute approximate surface area is 732 Å². The monoisotopic (exact) mass is 1560 g/mol. The smallest absolute Gasteiger partial charge is 0.0911 e. The third-order valence-corrected chi connectivity index (χ3v) is 16.7. The molecular weight excluding hydrogens is 1360 g/mol. The summed E-state index contributed by atoms with van der Waals surface area (Å²) in [6.07, 6.45) is 41.5. The lowest BCUT2D eigenvalue weighted by Crippen LogP contribution is -2.20. The van der Waals surface area contributed by atoms with Crippen LogP contribution in [0.2, 0.25) is 0 Å². The molecule has 0 saturated carbocycles. The first-order valence-corrected chi connectivity index (χ1v) is 38.3. The van der Waals surface area contributed by atoms with Crippen LogP contribution in [0.3, 0.4) is 0 Å². The molecule has 0 aromatic carbocycles. The fourth-order valence-electron chi connectivity index (χ4n) is 10.8. The number of rotatable bonds is 37. The number of hydrogen-bond donors (Lipinski definition) is 0. The zero-order valence-corrected chi connectivity index (χ0v) is 67.7. The molecule has 0 radical (unpaired) electrons. The van der Waals surface area contributed by atoms with Crippen molar-refractivity contribution in [3.8, 4) is 237 Å². The molecule has 0 fully saturated rings. The van der Waals surface area contributed by atoms with Crippen LogP contribution >= 0.6 is 0 Å². The molecule has 0 N–H and O–H groups in total. The molecular formula is C113H198. The molecule has 1 atom stereocenters. The Morgan fingerprint density at radius 1 is 0.150 bits per heavy atom. The Balaban J connectivity index is -0.0000000414. The topological polar surface area (TPSA) is 0 Å². The van der Waals surface area contributed by atoms with Gasteiger partial charge in [-0.05, 0) is 280 Å². The predicted molar refractivity (Wildman–Crippen MR) is 547 cm³/mol. The van der Waals surface area contributed by atoms with Crippen molar-refractivity contribution >= 4 is 0 Å². The Hall–Kier alpha value is -8.80. The largest absolute Gasteiger partial charge is 0.0925 e. The maximum absolute atomic E-state index is 3.65. The molecule has 0 amide bonds. The van der Waals surface area contributed by atoms with Gasteiger partial charge in [0.1, 0.15) is 0 Å². The maximum atomic E-state index is 3.65. The van der Waals surface area contributed by atoms with Crippen LogP contribution in [0, 0.1) is 269 Å². The van der Waals surface area contributed by atoms with Crippen LogP contribution in [0.15, 0.2) is 0 Å². The highest BCUT2D eigenvalue weighted by Crippen LogP contribution is 2.39. The minimum Gasteiger partial charge on any atom is -0.0925 e. The second-order valence-corrected chi connectivity index (χ2v) is 26.4. The molecule has 0 heteroatoms. The Morgan fingerprint density at radius 2 is 0.265 bits per heavy atom. The molecule has 0 aliphatic heterocycles. The fraction of sp³-hybridized carbons (Fsp3) is 0.646. The van der Waals surface area contributed by atoms with Crippen molar-refractivity contribution in [3.63, 3.8) is 0 Å². The van der Waals surface area contributed by atoms with E-state index in [0.717, 1.165) is 70.6 Å². The van der Waals surface area contributed by atoms with Crippen molar-refractivity contribution in [3.05, 3.63) is 0 Å². The van der Waals surface area contributed by atoms with Crippen LogP contribution in [-0.4, -0.2) is 0 Å². The third kappa shape index (κ3) is 90.3. The second kappa shape index (κ2) is 103. The SMILES string of the molecule is C.C.C.C.C.C.C.C.C.C.C.C.CC#CC#CC(C)(C#CC#CC)CCCCC.CC#CC#CC(C)(C#CC#CC)CCCCC(C#CC#CC)(CCCCC)CCCCC.CC#CC#CC(C)(C#CC#CC)CCCCCC.CC#CC#CC(C)(C#CC#CC)CCCCCC(C#CC#CC)(CCCCC)CCCCCC.[HH].[HH].[HH].[HH].[HH].[HH].[HH].[HH].[HH].[HH]. The molecule has 0 aliphatic carbocycles. The van der Waals surface area contributed by atoms with Crippen molar-refractivity contribution in [1.82, 2.24) is 0 Å². The van der Waals surface area contributed by atoms with Crippen LogP contribution in [0.25, 0.3) is 0 Å². The molecule has 113 heavy (non-hydrogen) atoms. The molecule has 0 spiro atoms. The molecule has 0 aromatic rings. The van der Waals surface area contributed by atoms with Crippen LogP contribution in [0.4, 0.5) is 0 Å². The first-order valence-electron chi connectivity index (χ1n) is 38.3. The van der Waals surface area contributed by atoms with Gasteiger partial charge in [-0.3, -0.25) is 0 Å². The van der Waals surface area contributed by atoms with E-state index in [4.69, 9.17) is 0 Å². The van der Waals surface area contributed by atoms with Crippen LogP contribution in [0.1, 0.15) is 467 Å². The van der Waals surface area contributed by atoms with E-state index in [1.165, 1.54) is 154 Å². The average molecular weight is 1560 g/mol. The lowest BCUT2D eigenvalue weighted by molar-refractivity contribution is 0.277. The maximum Gasteiger partial charge on any atom is 0.0911 e. The summed E-state index contributed by atoms with van der Waals surface area (Å²) in [6, 6.07) is 0. The number of hydrogen-bond acceptors (Lipinski definition) is 0. The summed E-state index contributed by atoms with van der Waals surface area (Å²) < 4.78 is 0. The van der Waals surface area contributed by atoms with E-state index in [9.17, 15) is 0 Å². The van der Waals surface area contributed by atoms with Gasteiger partial charge in [0.25, 0.3) is 0 Å². The minimum atomic E-state index is -0.375. The van der Waals surface area contributed by atoms with Crippen LogP contribution < -0.4 is 0 Å². The summed E-state index contributed by atoms with van der Waals surface area (Å²) in [6.45, 7) is 40.0. The van der Waals surface area contributed by atoms with Gasteiger partial charge in [0.15, 0.2) is 0 Å². The van der Waals surface area contributed by atoms with Crippen molar-refractivity contribution in [2.24, 2.45) is 32.5 Å². The summed E-state index contributed by atoms with van der Waals surface area (Å²) in [5.74, 6) is 120. The zero-order chi connectivity index (χ0) is 76.0. The zero-order valence-electron chi connectivity index (χ0n) is 67.7. The Morgan fingerprint density at radius 3 is 0.434 bits per heavy atom. The lowest BCUT2D eigenvalue weighted by atomic mass is 9.74. The van der Waals surface area contributed by atoms with E-state index in [1.54, 1.807) is 41.5 Å². The highest BCUT2D eigenvalue weighted by Gasteiger charge is 2.29. The van der Waals surface area contributed by atoms with Gasteiger partial charge < -0.3 is 0 Å². The molecule has 0 bridgehead atoms. The van der Waals surface area contributed by atoms with Gasteiger partial charge in [-0.2, -0.15) is 0 Å². The van der Waals surface area contributed by atoms with Crippen LogP contribution in [0.5, 0.6) is 0 Å². The van der Waals surface area contributed by atoms with E-state index in [1.807, 2.05) is 27.7 Å². The van der Waals surface area contributed by atoms with E-state index < -0.39 is 0 Å². The molecule has 0 heterocycles. The Kier molecular flexibility index (Phi) is 130. The van der Waals surface area contributed by atoms with Gasteiger partial charge in [0, 0.05) is 25.1 Å². The van der Waals surface area contributed by atoms with Crippen LogP contribution in [-0.2, 0) is 0 Å². The predicted octanol–water partition coefficient (Wildman–Crippen LogP) is 34.1. The lowest BCUT2D eigenvalue weighted by Gasteiger charge is -2.29. The summed E-state index contributed by atoms with van der Waals surface area (Å²) in [4.78, 5) is 0. The Bertz CT molecular complexity index is 3590. The van der Waals surface area contributed by atoms with Gasteiger partial charge in [-0.15, -0.1) is 0 Å². The minimum absolute atomic E-state index is 0. The van der Waals surface area contributed by atoms with E-state index in [-0.39, 0.29) is 136 Å². The van der Waals surface area contributed by atoms with Gasteiger partial charge in [0.05, 0.1) is 21.7 Å². The third-order valence-electron chi connectivity index (χ3n) is 16.7. The van der Waals surface area contributed by atoms with Gasteiger partial charge in [-0.1, -0.05) is 410 Å². The molecule has 1 unspecified atom stereocenters. The number of unbranched alkanes of at least 4 members (excludes halogenated alkanes) is 17. The second-order valence-electron chi connectivity index (χ2n) is 26.4. The van der Waals surface area contributed by atoms with Crippen molar-refractivity contribution < 1.29 is 14.3 Å². The molecule has 650 valence electrons. The summed E-state index contributed by atoms with van der Waals surface area (Å²) in [5.41, 5.74) is -1.08. The molecule has 0 rings (SSSR count). The summed E-state index contributed by atoms with van der Waals surface area (Å²) in [5, 5.41) is 0.